The van der Waals surface area contributed by atoms with Crippen LogP contribution in [0.4, 0.5) is 0 Å². The summed E-state index contributed by atoms with van der Waals surface area (Å²) in [6.45, 7) is 0.731. The molecule has 1 amide bonds. The van der Waals surface area contributed by atoms with E-state index in [0.717, 1.165) is 36.4 Å². The molecular weight excluding hydrogens is 316 g/mol. The predicted molar refractivity (Wildman–Crippen MR) is 97.0 cm³/mol. The van der Waals surface area contributed by atoms with Gasteiger partial charge in [-0.25, -0.2) is 0 Å². The third kappa shape index (κ3) is 4.31. The minimum atomic E-state index is -0.148. The highest BCUT2D eigenvalue weighted by atomic mass is 16.5. The topological polar surface area (TPSA) is 59.6 Å². The van der Waals surface area contributed by atoms with Gasteiger partial charge in [0, 0.05) is 12.6 Å². The molecular formula is C20H24N2O3. The molecule has 2 aromatic rings. The minimum absolute atomic E-state index is 0.0492. The van der Waals surface area contributed by atoms with Crippen LogP contribution in [0.3, 0.4) is 0 Å². The van der Waals surface area contributed by atoms with Gasteiger partial charge in [0.25, 0.3) is 0 Å². The molecule has 132 valence electrons. The molecule has 1 saturated heterocycles. The van der Waals surface area contributed by atoms with Gasteiger partial charge in [0.15, 0.2) is 0 Å². The largest absolute Gasteiger partial charge is 0.497 e. The summed E-state index contributed by atoms with van der Waals surface area (Å²) in [5.74, 6) is 1.74. The van der Waals surface area contributed by atoms with Crippen LogP contribution < -0.4 is 20.1 Å². The lowest BCUT2D eigenvalue weighted by Gasteiger charge is -2.23. The molecule has 5 nitrogen and oxygen atoms in total. The number of rotatable bonds is 7. The van der Waals surface area contributed by atoms with Crippen LogP contribution in [0.1, 0.15) is 23.6 Å². The normalized spacial score (nSPS) is 17.8. The molecule has 1 aliphatic rings. The van der Waals surface area contributed by atoms with Gasteiger partial charge in [0.05, 0.1) is 20.3 Å². The van der Waals surface area contributed by atoms with Crippen LogP contribution in [0, 0.1) is 0 Å². The zero-order valence-corrected chi connectivity index (χ0v) is 14.6. The second-order valence-electron chi connectivity index (χ2n) is 6.18. The van der Waals surface area contributed by atoms with Crippen LogP contribution in [0.15, 0.2) is 48.5 Å². The summed E-state index contributed by atoms with van der Waals surface area (Å²) in [7, 11) is 3.32. The number of ether oxygens (including phenoxy) is 2. The van der Waals surface area contributed by atoms with E-state index < -0.39 is 0 Å². The molecule has 0 bridgehead atoms. The van der Waals surface area contributed by atoms with Crippen molar-refractivity contribution < 1.29 is 14.3 Å². The highest BCUT2D eigenvalue weighted by Crippen LogP contribution is 2.24. The van der Waals surface area contributed by atoms with Crippen LogP contribution in [-0.2, 0) is 11.2 Å². The molecule has 0 radical (unpaired) electrons. The van der Waals surface area contributed by atoms with Crippen molar-refractivity contribution >= 4 is 5.91 Å². The summed E-state index contributed by atoms with van der Waals surface area (Å²) in [6.07, 6.45) is 1.61. The van der Waals surface area contributed by atoms with Gasteiger partial charge in [-0.3, -0.25) is 10.1 Å². The Kier molecular flexibility index (Phi) is 5.56. The van der Waals surface area contributed by atoms with Crippen LogP contribution >= 0.6 is 0 Å². The molecule has 1 aliphatic heterocycles. The Morgan fingerprint density at radius 1 is 1.04 bits per heavy atom. The molecule has 2 atom stereocenters. The Morgan fingerprint density at radius 3 is 2.16 bits per heavy atom. The van der Waals surface area contributed by atoms with Crippen LogP contribution in [0.25, 0.3) is 0 Å². The van der Waals surface area contributed by atoms with E-state index in [1.807, 2.05) is 36.4 Å². The molecule has 1 fully saturated rings. The average Bonchev–Trinajstić information content (AvgIpc) is 3.06. The van der Waals surface area contributed by atoms with Crippen molar-refractivity contribution in [2.24, 2.45) is 0 Å². The van der Waals surface area contributed by atoms with Crippen LogP contribution in [0.2, 0.25) is 0 Å². The highest BCUT2D eigenvalue weighted by molar-refractivity contribution is 5.83. The zero-order valence-electron chi connectivity index (χ0n) is 14.6. The molecule has 2 unspecified atom stereocenters. The van der Waals surface area contributed by atoms with E-state index >= 15 is 0 Å². The van der Waals surface area contributed by atoms with Crippen molar-refractivity contribution in [3.8, 4) is 11.5 Å². The van der Waals surface area contributed by atoms with Crippen molar-refractivity contribution in [3.63, 3.8) is 0 Å². The van der Waals surface area contributed by atoms with Crippen LogP contribution in [-0.4, -0.2) is 32.7 Å². The van der Waals surface area contributed by atoms with Gasteiger partial charge >= 0.3 is 0 Å². The van der Waals surface area contributed by atoms with Gasteiger partial charge in [0.1, 0.15) is 11.5 Å². The Morgan fingerprint density at radius 2 is 1.64 bits per heavy atom. The fourth-order valence-corrected chi connectivity index (χ4v) is 3.10. The Balaban J connectivity index is 1.80. The number of amides is 1. The lowest BCUT2D eigenvalue weighted by atomic mass is 9.97. The molecule has 2 aromatic carbocycles. The van der Waals surface area contributed by atoms with E-state index in [9.17, 15) is 4.79 Å². The van der Waals surface area contributed by atoms with Gasteiger partial charge < -0.3 is 14.8 Å². The fraction of sp³-hybridized carbons (Fsp3) is 0.350. The monoisotopic (exact) mass is 340 g/mol. The molecule has 2 N–H and O–H groups in total. The number of benzene rings is 2. The number of nitrogens with one attached hydrogen (secondary N) is 2. The van der Waals surface area contributed by atoms with Crippen molar-refractivity contribution in [3.05, 3.63) is 59.7 Å². The first-order valence-corrected chi connectivity index (χ1v) is 8.50. The molecule has 0 aliphatic carbocycles. The zero-order chi connectivity index (χ0) is 17.6. The molecule has 0 aromatic heterocycles. The average molecular weight is 340 g/mol. The maximum atomic E-state index is 12.0. The van der Waals surface area contributed by atoms with E-state index in [0.29, 0.717) is 0 Å². The van der Waals surface area contributed by atoms with Crippen molar-refractivity contribution in [2.45, 2.75) is 24.9 Å². The van der Waals surface area contributed by atoms with E-state index in [4.69, 9.17) is 9.47 Å². The third-order valence-corrected chi connectivity index (χ3v) is 4.57. The van der Waals surface area contributed by atoms with Gasteiger partial charge in [-0.1, -0.05) is 24.3 Å². The quantitative estimate of drug-likeness (QED) is 0.813. The number of hydrogen-bond donors (Lipinski definition) is 2. The standard InChI is InChI=1S/C20H24N2O3/c1-24-16-7-3-14(4-8-16)13-19(22-18-11-12-21-20(18)23)15-5-9-17(25-2)10-6-15/h3-10,18-19,22H,11-13H2,1-2H3,(H,21,23). The smallest absolute Gasteiger partial charge is 0.237 e. The number of carbonyl (C=O) groups excluding carboxylic acids is 1. The van der Waals surface area contributed by atoms with Crippen LogP contribution in [0.5, 0.6) is 11.5 Å². The fourth-order valence-electron chi connectivity index (χ4n) is 3.10. The van der Waals surface area contributed by atoms with Crippen molar-refractivity contribution in [1.82, 2.24) is 10.6 Å². The lowest BCUT2D eigenvalue weighted by Crippen LogP contribution is -2.39. The maximum absolute atomic E-state index is 12.0. The molecule has 0 saturated carbocycles. The first-order valence-electron chi connectivity index (χ1n) is 8.50. The molecule has 0 spiro atoms. The second-order valence-corrected chi connectivity index (χ2v) is 6.18. The molecule has 5 heteroatoms. The van der Waals surface area contributed by atoms with Gasteiger partial charge in [-0.15, -0.1) is 0 Å². The summed E-state index contributed by atoms with van der Waals surface area (Å²) in [5, 5.41) is 6.40. The first kappa shape index (κ1) is 17.3. The van der Waals surface area contributed by atoms with E-state index in [1.165, 1.54) is 5.56 Å². The lowest BCUT2D eigenvalue weighted by molar-refractivity contribution is -0.121. The third-order valence-electron chi connectivity index (χ3n) is 4.57. The summed E-state index contributed by atoms with van der Waals surface area (Å²) < 4.78 is 10.5. The summed E-state index contributed by atoms with van der Waals surface area (Å²) in [6, 6.07) is 15.9. The van der Waals surface area contributed by atoms with Crippen molar-refractivity contribution in [1.29, 1.82) is 0 Å². The Hall–Kier alpha value is -2.53. The van der Waals surface area contributed by atoms with Gasteiger partial charge in [-0.2, -0.15) is 0 Å². The second kappa shape index (κ2) is 8.03. The number of hydrogen-bond acceptors (Lipinski definition) is 4. The number of methoxy groups -OCH3 is 2. The molecule has 25 heavy (non-hydrogen) atoms. The van der Waals surface area contributed by atoms with Gasteiger partial charge in [-0.05, 0) is 48.2 Å². The van der Waals surface area contributed by atoms with E-state index in [1.54, 1.807) is 14.2 Å². The van der Waals surface area contributed by atoms with E-state index in [2.05, 4.69) is 22.8 Å². The maximum Gasteiger partial charge on any atom is 0.237 e. The van der Waals surface area contributed by atoms with E-state index in [-0.39, 0.29) is 18.0 Å². The Labute approximate surface area is 148 Å². The minimum Gasteiger partial charge on any atom is -0.497 e. The molecule has 3 rings (SSSR count). The number of carbonyl (C=O) groups is 1. The summed E-state index contributed by atoms with van der Waals surface area (Å²) in [5.41, 5.74) is 2.32. The summed E-state index contributed by atoms with van der Waals surface area (Å²) >= 11 is 0. The summed E-state index contributed by atoms with van der Waals surface area (Å²) in [4.78, 5) is 12.0. The van der Waals surface area contributed by atoms with Crippen molar-refractivity contribution in [2.75, 3.05) is 20.8 Å². The predicted octanol–water partition coefficient (Wildman–Crippen LogP) is 2.47. The Bertz CT molecular complexity index is 698. The molecule has 1 heterocycles. The van der Waals surface area contributed by atoms with Gasteiger partial charge in [0.2, 0.25) is 5.91 Å². The highest BCUT2D eigenvalue weighted by Gasteiger charge is 2.27. The SMILES string of the molecule is COc1ccc(CC(NC2CCNC2=O)c2ccc(OC)cc2)cc1. The first-order chi connectivity index (χ1) is 12.2.